The molecule has 0 amide bonds. The summed E-state index contributed by atoms with van der Waals surface area (Å²) in [6.07, 6.45) is 3.20. The summed E-state index contributed by atoms with van der Waals surface area (Å²) < 4.78 is 22.9. The number of hydrogen-bond donors (Lipinski definition) is 1. The molecule has 0 radical (unpaired) electrons. The summed E-state index contributed by atoms with van der Waals surface area (Å²) in [6, 6.07) is 0. The van der Waals surface area contributed by atoms with Crippen LogP contribution in [0.2, 0.25) is 0 Å². The van der Waals surface area contributed by atoms with Crippen molar-refractivity contribution >= 4 is 7.60 Å². The van der Waals surface area contributed by atoms with Crippen LogP contribution in [-0.4, -0.2) is 18.3 Å². The van der Waals surface area contributed by atoms with Crippen LogP contribution in [0.4, 0.5) is 0 Å². The van der Waals surface area contributed by atoms with Crippen LogP contribution in [0.1, 0.15) is 33.6 Å². The molecule has 0 heterocycles. The molecule has 0 aromatic heterocycles. The zero-order valence-electron chi connectivity index (χ0n) is 10.0. The number of allylic oxidation sites excluding steroid dienone is 3. The van der Waals surface area contributed by atoms with Gasteiger partial charge in [0.15, 0.2) is 0 Å². The second kappa shape index (κ2) is 5.67. The molecule has 16 heavy (non-hydrogen) atoms. The van der Waals surface area contributed by atoms with Crippen molar-refractivity contribution in [1.29, 1.82) is 0 Å². The van der Waals surface area contributed by atoms with Crippen molar-refractivity contribution in [2.45, 2.75) is 33.6 Å². The molecule has 1 aliphatic rings. The minimum absolute atomic E-state index is 0.0361. The molecule has 5 heteroatoms. The summed E-state index contributed by atoms with van der Waals surface area (Å²) in [6.45, 7) is 5.95. The molecule has 0 aromatic rings. The minimum atomic E-state index is -3.35. The molecular formula is C11H19O4P. The summed E-state index contributed by atoms with van der Waals surface area (Å²) in [7, 11) is -3.35. The van der Waals surface area contributed by atoms with Crippen molar-refractivity contribution < 1.29 is 18.7 Å². The van der Waals surface area contributed by atoms with Crippen molar-refractivity contribution in [3.05, 3.63) is 22.7 Å². The Morgan fingerprint density at radius 2 is 1.94 bits per heavy atom. The highest BCUT2D eigenvalue weighted by Crippen LogP contribution is 2.60. The topological polar surface area (TPSA) is 55.8 Å². The Bertz CT molecular complexity index is 347. The lowest BCUT2D eigenvalue weighted by Gasteiger charge is -2.23. The Balaban J connectivity index is 3.11. The number of aliphatic hydroxyl groups is 1. The van der Waals surface area contributed by atoms with Gasteiger partial charge in [0.05, 0.1) is 13.2 Å². The number of aliphatic hydroxyl groups excluding tert-OH is 1. The Hall–Kier alpha value is -0.570. The lowest BCUT2D eigenvalue weighted by Crippen LogP contribution is -2.06. The zero-order valence-corrected chi connectivity index (χ0v) is 10.9. The molecule has 0 aromatic carbocycles. The van der Waals surface area contributed by atoms with Gasteiger partial charge < -0.3 is 14.2 Å². The van der Waals surface area contributed by atoms with Crippen molar-refractivity contribution in [1.82, 2.24) is 0 Å². The summed E-state index contributed by atoms with van der Waals surface area (Å²) in [5.74, 6) is 0.0361. The van der Waals surface area contributed by atoms with Crippen molar-refractivity contribution in [3.8, 4) is 0 Å². The smallest absolute Gasteiger partial charge is 0.364 e. The lowest BCUT2D eigenvalue weighted by atomic mass is 10.1. The maximum absolute atomic E-state index is 12.5. The average molecular weight is 246 g/mol. The molecule has 92 valence electrons. The van der Waals surface area contributed by atoms with E-state index in [2.05, 4.69) is 0 Å². The van der Waals surface area contributed by atoms with Crippen LogP contribution in [0.3, 0.4) is 0 Å². The summed E-state index contributed by atoms with van der Waals surface area (Å²) >= 11 is 0. The lowest BCUT2D eigenvalue weighted by molar-refractivity contribution is 0.224. The molecule has 4 nitrogen and oxygen atoms in total. The van der Waals surface area contributed by atoms with E-state index in [9.17, 15) is 9.67 Å². The summed E-state index contributed by atoms with van der Waals surface area (Å²) in [4.78, 5) is 0. The molecule has 1 N–H and O–H groups in total. The van der Waals surface area contributed by atoms with E-state index in [-0.39, 0.29) is 5.76 Å². The van der Waals surface area contributed by atoms with Crippen LogP contribution < -0.4 is 0 Å². The Labute approximate surface area is 96.5 Å². The first-order valence-electron chi connectivity index (χ1n) is 5.54. The zero-order chi connectivity index (χ0) is 12.2. The molecule has 0 aliphatic heterocycles. The monoisotopic (exact) mass is 246 g/mol. The Morgan fingerprint density at radius 1 is 1.38 bits per heavy atom. The average Bonchev–Trinajstić information content (AvgIpc) is 2.17. The SMILES string of the molecule is CCOP(=O)(OCC)C1=C(C)CCC=C1O. The predicted molar refractivity (Wildman–Crippen MR) is 63.5 cm³/mol. The van der Waals surface area contributed by atoms with E-state index >= 15 is 0 Å². The second-order valence-electron chi connectivity index (χ2n) is 3.59. The third-order valence-corrected chi connectivity index (χ3v) is 4.73. The normalized spacial score (nSPS) is 17.6. The highest BCUT2D eigenvalue weighted by Gasteiger charge is 2.35. The van der Waals surface area contributed by atoms with Crippen LogP contribution in [0, 0.1) is 0 Å². The highest BCUT2D eigenvalue weighted by molar-refractivity contribution is 7.58. The quantitative estimate of drug-likeness (QED) is 0.750. The maximum Gasteiger partial charge on any atom is 0.364 e. The van der Waals surface area contributed by atoms with Crippen molar-refractivity contribution in [2.75, 3.05) is 13.2 Å². The molecule has 0 saturated carbocycles. The fourth-order valence-corrected chi connectivity index (χ4v) is 3.70. The van der Waals surface area contributed by atoms with Gasteiger partial charge in [-0.1, -0.05) is 5.57 Å². The second-order valence-corrected chi connectivity index (χ2v) is 5.55. The first kappa shape index (κ1) is 13.5. The molecule has 0 saturated heterocycles. The van der Waals surface area contributed by atoms with Gasteiger partial charge in [0.2, 0.25) is 0 Å². The van der Waals surface area contributed by atoms with Crippen LogP contribution in [0.25, 0.3) is 0 Å². The molecule has 0 atom stereocenters. The van der Waals surface area contributed by atoms with E-state index in [0.29, 0.717) is 18.5 Å². The molecule has 1 rings (SSSR count). The molecule has 0 spiro atoms. The van der Waals surface area contributed by atoms with E-state index < -0.39 is 7.60 Å². The molecular weight excluding hydrogens is 227 g/mol. The standard InChI is InChI=1S/C11H19O4P/c1-4-14-16(13,15-5-2)11-9(3)7-6-8-10(11)12/h8,12H,4-7H2,1-3H3. The van der Waals surface area contributed by atoms with Gasteiger partial charge in [0, 0.05) is 0 Å². The third kappa shape index (κ3) is 2.76. The van der Waals surface area contributed by atoms with Gasteiger partial charge in [-0.25, -0.2) is 0 Å². The Kier molecular flexibility index (Phi) is 4.78. The van der Waals surface area contributed by atoms with Crippen molar-refractivity contribution in [2.24, 2.45) is 0 Å². The largest absolute Gasteiger partial charge is 0.507 e. The highest BCUT2D eigenvalue weighted by atomic mass is 31.2. The van der Waals surface area contributed by atoms with Gasteiger partial charge in [-0.2, -0.15) is 0 Å². The van der Waals surface area contributed by atoms with E-state index in [1.165, 1.54) is 0 Å². The number of hydrogen-bond acceptors (Lipinski definition) is 4. The molecule has 0 bridgehead atoms. The third-order valence-electron chi connectivity index (χ3n) is 2.38. The maximum atomic E-state index is 12.5. The molecule has 0 fully saturated rings. The van der Waals surface area contributed by atoms with Gasteiger partial charge in [-0.15, -0.1) is 0 Å². The predicted octanol–water partition coefficient (Wildman–Crippen LogP) is 3.76. The van der Waals surface area contributed by atoms with Gasteiger partial charge in [-0.05, 0) is 39.7 Å². The van der Waals surface area contributed by atoms with Crippen LogP contribution in [-0.2, 0) is 13.6 Å². The van der Waals surface area contributed by atoms with Gasteiger partial charge in [-0.3, -0.25) is 4.57 Å². The molecule has 0 unspecified atom stereocenters. The van der Waals surface area contributed by atoms with Crippen LogP contribution in [0.5, 0.6) is 0 Å². The number of rotatable bonds is 5. The van der Waals surface area contributed by atoms with E-state index in [1.54, 1.807) is 19.9 Å². The first-order valence-corrected chi connectivity index (χ1v) is 7.08. The Morgan fingerprint density at radius 3 is 2.38 bits per heavy atom. The fraction of sp³-hybridized carbons (Fsp3) is 0.636. The first-order chi connectivity index (χ1) is 7.55. The van der Waals surface area contributed by atoms with Crippen LogP contribution >= 0.6 is 7.60 Å². The van der Waals surface area contributed by atoms with Crippen LogP contribution in [0.15, 0.2) is 22.7 Å². The van der Waals surface area contributed by atoms with E-state index in [4.69, 9.17) is 9.05 Å². The van der Waals surface area contributed by atoms with Gasteiger partial charge in [0.1, 0.15) is 11.1 Å². The minimum Gasteiger partial charge on any atom is -0.507 e. The van der Waals surface area contributed by atoms with Gasteiger partial charge in [0.25, 0.3) is 0 Å². The van der Waals surface area contributed by atoms with E-state index in [0.717, 1.165) is 18.4 Å². The molecule has 1 aliphatic carbocycles. The van der Waals surface area contributed by atoms with Gasteiger partial charge >= 0.3 is 7.60 Å². The fourth-order valence-electron chi connectivity index (χ4n) is 1.74. The van der Waals surface area contributed by atoms with Crippen molar-refractivity contribution in [3.63, 3.8) is 0 Å². The summed E-state index contributed by atoms with van der Waals surface area (Å²) in [5.41, 5.74) is 0.880. The van der Waals surface area contributed by atoms with E-state index in [1.807, 2.05) is 6.92 Å². The summed E-state index contributed by atoms with van der Waals surface area (Å²) in [5, 5.41) is 10.1.